The number of benzene rings is 2. The van der Waals surface area contributed by atoms with Gasteiger partial charge in [0.2, 0.25) is 0 Å². The van der Waals surface area contributed by atoms with E-state index in [2.05, 4.69) is 0 Å². The van der Waals surface area contributed by atoms with E-state index in [9.17, 15) is 0 Å². The third-order valence-electron chi connectivity index (χ3n) is 4.34. The smallest absolute Gasteiger partial charge is 0.491 e. The summed E-state index contributed by atoms with van der Waals surface area (Å²) in [5.74, 6) is 0.819. The van der Waals surface area contributed by atoms with Gasteiger partial charge in [-0.1, -0.05) is 42.5 Å². The lowest BCUT2D eigenvalue weighted by molar-refractivity contribution is 0.00715. The minimum Gasteiger partial charge on any atom is -0.491 e. The fourth-order valence-corrected chi connectivity index (χ4v) is 3.16. The summed E-state index contributed by atoms with van der Waals surface area (Å²) < 4.78 is 23.7. The Kier molecular flexibility index (Phi) is 5.99. The van der Waals surface area contributed by atoms with Gasteiger partial charge in [-0.3, -0.25) is 0 Å². The van der Waals surface area contributed by atoms with E-state index in [4.69, 9.17) is 24.5 Å². The Morgan fingerprint density at radius 3 is 2.72 bits per heavy atom. The van der Waals surface area contributed by atoms with Gasteiger partial charge < -0.3 is 24.5 Å². The van der Waals surface area contributed by atoms with Crippen LogP contribution in [0.4, 0.5) is 0 Å². The van der Waals surface area contributed by atoms with Gasteiger partial charge in [0.15, 0.2) is 0 Å². The van der Waals surface area contributed by atoms with Gasteiger partial charge in [0, 0.05) is 12.0 Å². The maximum absolute atomic E-state index is 6.08. The van der Waals surface area contributed by atoms with Gasteiger partial charge in [-0.25, -0.2) is 0 Å². The number of ether oxygens (including phenoxy) is 2. The number of nitrogens with two attached hydrogens (primary N) is 1. The highest BCUT2D eigenvalue weighted by molar-refractivity contribution is 6.64. The van der Waals surface area contributed by atoms with Crippen molar-refractivity contribution in [1.82, 2.24) is 0 Å². The molecule has 0 spiro atoms. The molecule has 2 heterocycles. The van der Waals surface area contributed by atoms with Crippen molar-refractivity contribution in [1.29, 1.82) is 0 Å². The Balaban J connectivity index is 0.00000182. The summed E-state index contributed by atoms with van der Waals surface area (Å²) in [6.45, 7) is 1.87. The monoisotopic (exact) mass is 361 g/mol. The maximum atomic E-state index is 6.08. The van der Waals surface area contributed by atoms with Gasteiger partial charge in [-0.05, 0) is 17.2 Å². The van der Waals surface area contributed by atoms with Gasteiger partial charge in [-0.15, -0.1) is 12.4 Å². The second-order valence-electron chi connectivity index (χ2n) is 6.02. The molecule has 2 aliphatic rings. The standard InChI is InChI=1S/C18H20BNO4.ClH/c20-9-17-15-7-4-8-16-18(15)19(24-17)23-14(12-22-16)11-21-10-13-5-2-1-3-6-13;/h1-8,14,17H,9-12,20H2;1H. The van der Waals surface area contributed by atoms with Crippen LogP contribution >= 0.6 is 12.4 Å². The quantitative estimate of drug-likeness (QED) is 0.823. The van der Waals surface area contributed by atoms with Gasteiger partial charge in [0.25, 0.3) is 0 Å². The summed E-state index contributed by atoms with van der Waals surface area (Å²) in [6, 6.07) is 16.0. The van der Waals surface area contributed by atoms with Crippen molar-refractivity contribution >= 4 is 25.0 Å². The van der Waals surface area contributed by atoms with Crippen molar-refractivity contribution in [3.63, 3.8) is 0 Å². The maximum Gasteiger partial charge on any atom is 0.498 e. The molecule has 0 saturated carbocycles. The Hall–Kier alpha value is -1.57. The molecule has 2 unspecified atom stereocenters. The van der Waals surface area contributed by atoms with E-state index in [1.165, 1.54) is 0 Å². The molecule has 4 rings (SSSR count). The van der Waals surface area contributed by atoms with Crippen molar-refractivity contribution in [3.05, 3.63) is 59.7 Å². The van der Waals surface area contributed by atoms with E-state index >= 15 is 0 Å². The zero-order chi connectivity index (χ0) is 16.4. The zero-order valence-corrected chi connectivity index (χ0v) is 14.6. The Morgan fingerprint density at radius 2 is 1.92 bits per heavy atom. The Morgan fingerprint density at radius 1 is 1.08 bits per heavy atom. The van der Waals surface area contributed by atoms with Crippen LogP contribution in [-0.4, -0.2) is 33.0 Å². The molecule has 0 bridgehead atoms. The van der Waals surface area contributed by atoms with Crippen LogP contribution in [0.2, 0.25) is 0 Å². The molecule has 2 N–H and O–H groups in total. The lowest BCUT2D eigenvalue weighted by Gasteiger charge is -2.19. The molecule has 0 saturated heterocycles. The summed E-state index contributed by atoms with van der Waals surface area (Å²) in [6.07, 6.45) is -0.326. The van der Waals surface area contributed by atoms with Gasteiger partial charge in [-0.2, -0.15) is 0 Å². The largest absolute Gasteiger partial charge is 0.498 e. The predicted octanol–water partition coefficient (Wildman–Crippen LogP) is 1.83. The Labute approximate surface area is 154 Å². The molecule has 132 valence electrons. The summed E-state index contributed by atoms with van der Waals surface area (Å²) >= 11 is 0. The SMILES string of the molecule is Cl.NCC1OB2OC(COCc3ccccc3)COc3cccc1c32. The molecule has 7 heteroatoms. The third kappa shape index (κ3) is 3.83. The molecule has 5 nitrogen and oxygen atoms in total. The van der Waals surface area contributed by atoms with Crippen LogP contribution in [0.25, 0.3) is 0 Å². The van der Waals surface area contributed by atoms with E-state index in [1.54, 1.807) is 0 Å². The average molecular weight is 362 g/mol. The molecule has 2 aromatic carbocycles. The van der Waals surface area contributed by atoms with Gasteiger partial charge in [0.1, 0.15) is 18.5 Å². The lowest BCUT2D eigenvalue weighted by Crippen LogP contribution is -2.37. The number of halogens is 1. The summed E-state index contributed by atoms with van der Waals surface area (Å²) in [7, 11) is -0.433. The number of hydrogen-bond acceptors (Lipinski definition) is 5. The van der Waals surface area contributed by atoms with Crippen LogP contribution in [-0.2, 0) is 20.7 Å². The van der Waals surface area contributed by atoms with E-state index < -0.39 is 7.12 Å². The van der Waals surface area contributed by atoms with Gasteiger partial charge >= 0.3 is 7.12 Å². The minimum atomic E-state index is -0.433. The van der Waals surface area contributed by atoms with Crippen molar-refractivity contribution in [2.75, 3.05) is 19.8 Å². The van der Waals surface area contributed by atoms with E-state index in [1.807, 2.05) is 48.5 Å². The van der Waals surface area contributed by atoms with Crippen LogP contribution in [0, 0.1) is 0 Å². The molecule has 2 aliphatic heterocycles. The number of hydrogen-bond donors (Lipinski definition) is 1. The molecule has 0 aliphatic carbocycles. The van der Waals surface area contributed by atoms with E-state index in [0.29, 0.717) is 26.4 Å². The first-order valence-electron chi connectivity index (χ1n) is 8.23. The second kappa shape index (κ2) is 8.21. The molecule has 2 atom stereocenters. The zero-order valence-electron chi connectivity index (χ0n) is 13.8. The normalized spacial score (nSPS) is 21.1. The average Bonchev–Trinajstić information content (AvgIpc) is 2.88. The summed E-state index contributed by atoms with van der Waals surface area (Å²) in [4.78, 5) is 0. The first-order chi connectivity index (χ1) is 11.8. The van der Waals surface area contributed by atoms with Crippen molar-refractivity contribution in [3.8, 4) is 5.75 Å². The van der Waals surface area contributed by atoms with Gasteiger partial charge in [0.05, 0.1) is 19.3 Å². The van der Waals surface area contributed by atoms with Crippen LogP contribution in [0.15, 0.2) is 48.5 Å². The van der Waals surface area contributed by atoms with Crippen molar-refractivity contribution in [2.24, 2.45) is 5.73 Å². The molecule has 0 aromatic heterocycles. The highest BCUT2D eigenvalue weighted by Gasteiger charge is 2.42. The van der Waals surface area contributed by atoms with E-state index in [-0.39, 0.29) is 24.6 Å². The molecular weight excluding hydrogens is 340 g/mol. The topological polar surface area (TPSA) is 62.9 Å². The molecule has 0 fully saturated rings. The summed E-state index contributed by atoms with van der Waals surface area (Å²) in [5.41, 5.74) is 8.98. The predicted molar refractivity (Wildman–Crippen MR) is 98.4 cm³/mol. The Bertz CT molecular complexity index is 703. The molecule has 25 heavy (non-hydrogen) atoms. The number of rotatable bonds is 5. The first kappa shape index (κ1) is 18.2. The highest BCUT2D eigenvalue weighted by Crippen LogP contribution is 2.30. The lowest BCUT2D eigenvalue weighted by atomic mass is 9.77. The molecular formula is C18H21BClNO4. The van der Waals surface area contributed by atoms with Crippen LogP contribution in [0.1, 0.15) is 17.2 Å². The van der Waals surface area contributed by atoms with Crippen LogP contribution < -0.4 is 15.9 Å². The molecule has 0 radical (unpaired) electrons. The van der Waals surface area contributed by atoms with Crippen molar-refractivity contribution in [2.45, 2.75) is 18.8 Å². The van der Waals surface area contributed by atoms with Crippen molar-refractivity contribution < 1.29 is 18.8 Å². The highest BCUT2D eigenvalue weighted by atomic mass is 35.5. The first-order valence-corrected chi connectivity index (χ1v) is 8.23. The van der Waals surface area contributed by atoms with Crippen LogP contribution in [0.3, 0.4) is 0 Å². The summed E-state index contributed by atoms with van der Waals surface area (Å²) in [5, 5.41) is 0. The molecule has 0 amide bonds. The second-order valence-corrected chi connectivity index (χ2v) is 6.02. The molecule has 2 aromatic rings. The fraction of sp³-hybridized carbons (Fsp3) is 0.333. The van der Waals surface area contributed by atoms with E-state index in [0.717, 1.165) is 22.3 Å². The fourth-order valence-electron chi connectivity index (χ4n) is 3.16. The van der Waals surface area contributed by atoms with Crippen LogP contribution in [0.5, 0.6) is 5.75 Å². The minimum absolute atomic E-state index is 0. The third-order valence-corrected chi connectivity index (χ3v) is 4.34.